The van der Waals surface area contributed by atoms with E-state index in [0.29, 0.717) is 12.3 Å². The molecular formula is C11H14FNO2. The standard InChI is InChI=1S/C11H14FNO2/c12-8-1-3-9(4-2-8)15-11-5-6-13-7-10(11)14/h1-4,10-11,13-14H,5-7H2/t10-,11-/m0/s1. The van der Waals surface area contributed by atoms with Crippen LogP contribution < -0.4 is 10.1 Å². The first kappa shape index (κ1) is 10.4. The largest absolute Gasteiger partial charge is 0.488 e. The minimum Gasteiger partial charge on any atom is -0.488 e. The summed E-state index contributed by atoms with van der Waals surface area (Å²) in [6.07, 6.45) is 0.0685. The number of hydrogen-bond acceptors (Lipinski definition) is 3. The molecule has 1 aromatic rings. The van der Waals surface area contributed by atoms with Gasteiger partial charge in [0.25, 0.3) is 0 Å². The Morgan fingerprint density at radius 3 is 2.73 bits per heavy atom. The molecule has 15 heavy (non-hydrogen) atoms. The van der Waals surface area contributed by atoms with Crippen molar-refractivity contribution in [3.63, 3.8) is 0 Å². The van der Waals surface area contributed by atoms with E-state index in [4.69, 9.17) is 4.74 Å². The van der Waals surface area contributed by atoms with Crippen LogP contribution in [-0.2, 0) is 0 Å². The third-order valence-electron chi connectivity index (χ3n) is 2.49. The van der Waals surface area contributed by atoms with Crippen molar-refractivity contribution < 1.29 is 14.2 Å². The molecule has 0 aliphatic carbocycles. The summed E-state index contributed by atoms with van der Waals surface area (Å²) in [5, 5.41) is 12.7. The number of ether oxygens (including phenoxy) is 1. The second-order valence-electron chi connectivity index (χ2n) is 3.67. The number of rotatable bonds is 2. The van der Waals surface area contributed by atoms with Gasteiger partial charge in [-0.25, -0.2) is 4.39 Å². The number of benzene rings is 1. The third kappa shape index (κ3) is 2.67. The maximum atomic E-state index is 12.6. The van der Waals surface area contributed by atoms with E-state index in [-0.39, 0.29) is 11.9 Å². The van der Waals surface area contributed by atoms with Crippen LogP contribution in [0.4, 0.5) is 4.39 Å². The summed E-state index contributed by atoms with van der Waals surface area (Å²) in [4.78, 5) is 0. The van der Waals surface area contributed by atoms with Gasteiger partial charge in [0.1, 0.15) is 23.8 Å². The van der Waals surface area contributed by atoms with Crippen molar-refractivity contribution in [2.24, 2.45) is 0 Å². The molecule has 0 radical (unpaired) electrons. The summed E-state index contributed by atoms with van der Waals surface area (Å²) < 4.78 is 18.2. The molecule has 2 atom stereocenters. The number of aliphatic hydroxyl groups excluding tert-OH is 1. The predicted molar refractivity (Wildman–Crippen MR) is 54.3 cm³/mol. The van der Waals surface area contributed by atoms with E-state index in [1.807, 2.05) is 0 Å². The molecule has 0 spiro atoms. The van der Waals surface area contributed by atoms with Gasteiger partial charge < -0.3 is 15.2 Å². The first-order valence-corrected chi connectivity index (χ1v) is 5.07. The van der Waals surface area contributed by atoms with Crippen LogP contribution in [0.15, 0.2) is 24.3 Å². The van der Waals surface area contributed by atoms with Crippen LogP contribution in [0.3, 0.4) is 0 Å². The fraction of sp³-hybridized carbons (Fsp3) is 0.455. The van der Waals surface area contributed by atoms with Crippen molar-refractivity contribution in [3.8, 4) is 5.75 Å². The number of hydrogen-bond donors (Lipinski definition) is 2. The van der Waals surface area contributed by atoms with Crippen molar-refractivity contribution in [3.05, 3.63) is 30.1 Å². The number of halogens is 1. The van der Waals surface area contributed by atoms with Gasteiger partial charge in [-0.05, 0) is 37.2 Å². The monoisotopic (exact) mass is 211 g/mol. The van der Waals surface area contributed by atoms with Gasteiger partial charge >= 0.3 is 0 Å². The highest BCUT2D eigenvalue weighted by atomic mass is 19.1. The van der Waals surface area contributed by atoms with E-state index in [1.165, 1.54) is 12.1 Å². The zero-order valence-electron chi connectivity index (χ0n) is 8.32. The lowest BCUT2D eigenvalue weighted by molar-refractivity contribution is 0.0162. The number of piperidine rings is 1. The van der Waals surface area contributed by atoms with Gasteiger partial charge in [-0.1, -0.05) is 0 Å². The quantitative estimate of drug-likeness (QED) is 0.764. The fourth-order valence-electron chi connectivity index (χ4n) is 1.64. The second kappa shape index (κ2) is 4.59. The molecule has 1 aliphatic rings. The molecule has 0 saturated carbocycles. The van der Waals surface area contributed by atoms with Crippen LogP contribution in [0.2, 0.25) is 0 Å². The van der Waals surface area contributed by atoms with E-state index in [2.05, 4.69) is 5.32 Å². The van der Waals surface area contributed by atoms with Crippen LogP contribution >= 0.6 is 0 Å². The summed E-state index contributed by atoms with van der Waals surface area (Å²) in [6.45, 7) is 1.38. The summed E-state index contributed by atoms with van der Waals surface area (Å²) in [5.41, 5.74) is 0. The second-order valence-corrected chi connectivity index (χ2v) is 3.67. The molecule has 4 heteroatoms. The summed E-state index contributed by atoms with van der Waals surface area (Å²) in [6, 6.07) is 5.85. The van der Waals surface area contributed by atoms with E-state index < -0.39 is 6.10 Å². The Labute approximate surface area is 87.9 Å². The molecule has 2 rings (SSSR count). The topological polar surface area (TPSA) is 41.5 Å². The summed E-state index contributed by atoms with van der Waals surface area (Å²) >= 11 is 0. The van der Waals surface area contributed by atoms with E-state index in [0.717, 1.165) is 13.0 Å². The molecule has 0 bridgehead atoms. The van der Waals surface area contributed by atoms with Crippen LogP contribution in [0, 0.1) is 5.82 Å². The first-order valence-electron chi connectivity index (χ1n) is 5.07. The highest BCUT2D eigenvalue weighted by Gasteiger charge is 2.24. The average molecular weight is 211 g/mol. The van der Waals surface area contributed by atoms with E-state index in [9.17, 15) is 9.50 Å². The van der Waals surface area contributed by atoms with Gasteiger partial charge in [0.15, 0.2) is 0 Å². The molecule has 1 fully saturated rings. The lowest BCUT2D eigenvalue weighted by Gasteiger charge is -2.28. The molecule has 1 aliphatic heterocycles. The first-order chi connectivity index (χ1) is 7.25. The highest BCUT2D eigenvalue weighted by Crippen LogP contribution is 2.17. The Bertz CT molecular complexity index is 315. The van der Waals surface area contributed by atoms with Crippen molar-refractivity contribution in [1.82, 2.24) is 5.32 Å². The third-order valence-corrected chi connectivity index (χ3v) is 2.49. The van der Waals surface area contributed by atoms with Crippen molar-refractivity contribution in [1.29, 1.82) is 0 Å². The van der Waals surface area contributed by atoms with E-state index in [1.54, 1.807) is 12.1 Å². The Morgan fingerprint density at radius 2 is 2.07 bits per heavy atom. The van der Waals surface area contributed by atoms with Gasteiger partial charge in [-0.2, -0.15) is 0 Å². The molecule has 0 amide bonds. The molecular weight excluding hydrogens is 197 g/mol. The smallest absolute Gasteiger partial charge is 0.127 e. The maximum Gasteiger partial charge on any atom is 0.127 e. The molecule has 2 N–H and O–H groups in total. The molecule has 82 valence electrons. The van der Waals surface area contributed by atoms with Gasteiger partial charge in [0.2, 0.25) is 0 Å². The number of nitrogens with one attached hydrogen (secondary N) is 1. The van der Waals surface area contributed by atoms with Crippen molar-refractivity contribution in [2.75, 3.05) is 13.1 Å². The van der Waals surface area contributed by atoms with Crippen LogP contribution in [-0.4, -0.2) is 30.4 Å². The van der Waals surface area contributed by atoms with Crippen molar-refractivity contribution in [2.45, 2.75) is 18.6 Å². The van der Waals surface area contributed by atoms with Crippen molar-refractivity contribution >= 4 is 0 Å². The molecule has 0 unspecified atom stereocenters. The minimum absolute atomic E-state index is 0.197. The molecule has 1 aromatic carbocycles. The zero-order chi connectivity index (χ0) is 10.7. The summed E-state index contributed by atoms with van der Waals surface area (Å²) in [7, 11) is 0. The van der Waals surface area contributed by atoms with Gasteiger partial charge in [-0.3, -0.25) is 0 Å². The van der Waals surface area contributed by atoms with Gasteiger partial charge in [0, 0.05) is 6.54 Å². The Kier molecular flexibility index (Phi) is 3.18. The molecule has 3 nitrogen and oxygen atoms in total. The summed E-state index contributed by atoms with van der Waals surface area (Å²) in [5.74, 6) is 0.315. The van der Waals surface area contributed by atoms with E-state index >= 15 is 0 Å². The Hall–Kier alpha value is -1.13. The lowest BCUT2D eigenvalue weighted by Crippen LogP contribution is -2.46. The van der Waals surface area contributed by atoms with Gasteiger partial charge in [0.05, 0.1) is 0 Å². The predicted octanol–water partition coefficient (Wildman–Crippen LogP) is 0.927. The van der Waals surface area contributed by atoms with Crippen LogP contribution in [0.5, 0.6) is 5.75 Å². The number of aliphatic hydroxyl groups is 1. The fourth-order valence-corrected chi connectivity index (χ4v) is 1.64. The molecule has 0 aromatic heterocycles. The van der Waals surface area contributed by atoms with Gasteiger partial charge in [-0.15, -0.1) is 0 Å². The van der Waals surface area contributed by atoms with Crippen LogP contribution in [0.25, 0.3) is 0 Å². The van der Waals surface area contributed by atoms with Crippen LogP contribution in [0.1, 0.15) is 6.42 Å². The number of β-amino-alcohol motifs (C(OH)–C–C–N with tert-alkyl or cyclic N) is 1. The maximum absolute atomic E-state index is 12.6. The molecule has 1 saturated heterocycles. The normalized spacial score (nSPS) is 26.3. The minimum atomic E-state index is -0.496. The Morgan fingerprint density at radius 1 is 1.33 bits per heavy atom. The SMILES string of the molecule is O[C@H]1CNCC[C@@H]1Oc1ccc(F)cc1. The Balaban J connectivity index is 1.98. The lowest BCUT2D eigenvalue weighted by atomic mass is 10.1. The highest BCUT2D eigenvalue weighted by molar-refractivity contribution is 5.22. The average Bonchev–Trinajstić information content (AvgIpc) is 2.25. The molecule has 1 heterocycles. The zero-order valence-corrected chi connectivity index (χ0v) is 8.32.